The van der Waals surface area contributed by atoms with Gasteiger partial charge < -0.3 is 18.8 Å². The Morgan fingerprint density at radius 1 is 1.00 bits per heavy atom. The van der Waals surface area contributed by atoms with E-state index in [-0.39, 0.29) is 0 Å². The van der Waals surface area contributed by atoms with Crippen molar-refractivity contribution in [2.75, 3.05) is 21.3 Å². The Morgan fingerprint density at radius 3 is 2.28 bits per heavy atom. The first kappa shape index (κ1) is 16.6. The zero-order valence-corrected chi connectivity index (χ0v) is 14.3. The smallest absolute Gasteiger partial charge is 0.251 e. The molecule has 0 amide bonds. The number of methoxy groups -OCH3 is 3. The van der Waals surface area contributed by atoms with E-state index in [1.54, 1.807) is 44.1 Å². The number of nitrogens with zero attached hydrogens (tertiary/aromatic N) is 1. The molecule has 1 radical (unpaired) electrons. The van der Waals surface area contributed by atoms with Crippen LogP contribution in [-0.2, 0) is 4.79 Å². The summed E-state index contributed by atoms with van der Waals surface area (Å²) in [6.45, 7) is 0. The third-order valence-corrected chi connectivity index (χ3v) is 3.95. The molecule has 0 aliphatic heterocycles. The van der Waals surface area contributed by atoms with Crippen LogP contribution in [0.1, 0.15) is 5.56 Å². The van der Waals surface area contributed by atoms with Crippen LogP contribution in [0.4, 0.5) is 0 Å². The summed E-state index contributed by atoms with van der Waals surface area (Å²) in [4.78, 5) is 11.6. The van der Waals surface area contributed by atoms with Gasteiger partial charge in [-0.05, 0) is 41.3 Å². The van der Waals surface area contributed by atoms with E-state index >= 15 is 0 Å². The van der Waals surface area contributed by atoms with Crippen molar-refractivity contribution in [2.24, 2.45) is 0 Å². The van der Waals surface area contributed by atoms with Crippen molar-refractivity contribution in [1.82, 2.24) is 4.57 Å². The van der Waals surface area contributed by atoms with Gasteiger partial charge in [0.05, 0.1) is 32.5 Å². The van der Waals surface area contributed by atoms with Crippen LogP contribution in [-0.4, -0.2) is 32.2 Å². The van der Waals surface area contributed by atoms with Gasteiger partial charge in [0.2, 0.25) is 5.75 Å². The number of ether oxygens (including phenoxy) is 3. The minimum absolute atomic E-state index is 0.385. The molecule has 0 unspecified atom stereocenters. The van der Waals surface area contributed by atoms with Gasteiger partial charge in [-0.3, -0.25) is 4.79 Å². The molecular formula is C20H18NO4. The second-order valence-corrected chi connectivity index (χ2v) is 5.33. The number of carbonyl (C=O) groups excluding carboxylic acids is 1. The first-order chi connectivity index (χ1) is 12.2. The topological polar surface area (TPSA) is 49.7 Å². The molecule has 25 heavy (non-hydrogen) atoms. The van der Waals surface area contributed by atoms with E-state index in [4.69, 9.17) is 14.2 Å². The lowest BCUT2D eigenvalue weighted by Gasteiger charge is -2.13. The first-order valence-corrected chi connectivity index (χ1v) is 7.68. The Kier molecular flexibility index (Phi) is 4.75. The number of hydrogen-bond acceptors (Lipinski definition) is 4. The fourth-order valence-electron chi connectivity index (χ4n) is 2.78. The van der Waals surface area contributed by atoms with Gasteiger partial charge in [0.15, 0.2) is 11.5 Å². The molecule has 5 heteroatoms. The normalized spacial score (nSPS) is 11.4. The molecule has 0 aliphatic rings. The van der Waals surface area contributed by atoms with Crippen LogP contribution in [0.25, 0.3) is 22.7 Å². The Morgan fingerprint density at radius 2 is 1.68 bits per heavy atom. The Labute approximate surface area is 146 Å². The van der Waals surface area contributed by atoms with E-state index in [1.165, 1.54) is 0 Å². The van der Waals surface area contributed by atoms with Crippen molar-refractivity contribution >= 4 is 29.0 Å². The SMILES string of the molecule is COc1cc(C=C([C]=O)n2ccc3ccccc32)cc(OC)c1OC. The Balaban J connectivity index is 2.13. The molecule has 0 bridgehead atoms. The molecule has 0 atom stereocenters. The fourth-order valence-corrected chi connectivity index (χ4v) is 2.78. The standard InChI is InChI=1S/C20H18NO4/c1-23-18-11-14(12-19(24-2)20(18)25-3)10-16(13-22)21-9-8-15-6-4-5-7-17(15)21/h4-12H,1-3H3. The average Bonchev–Trinajstić information content (AvgIpc) is 3.09. The van der Waals surface area contributed by atoms with E-state index in [9.17, 15) is 4.79 Å². The summed E-state index contributed by atoms with van der Waals surface area (Å²) in [5.74, 6) is 1.55. The lowest BCUT2D eigenvalue weighted by Crippen LogP contribution is -1.98. The quantitative estimate of drug-likeness (QED) is 0.643. The molecule has 0 saturated carbocycles. The third-order valence-electron chi connectivity index (χ3n) is 3.95. The molecule has 3 rings (SSSR count). The summed E-state index contributed by atoms with van der Waals surface area (Å²) in [5.41, 5.74) is 2.06. The molecule has 0 saturated heterocycles. The zero-order valence-electron chi connectivity index (χ0n) is 14.3. The lowest BCUT2D eigenvalue weighted by molar-refractivity contribution is 0.324. The first-order valence-electron chi connectivity index (χ1n) is 7.68. The molecule has 5 nitrogen and oxygen atoms in total. The molecule has 0 fully saturated rings. The Bertz CT molecular complexity index is 915. The highest BCUT2D eigenvalue weighted by Gasteiger charge is 2.13. The number of fused-ring (bicyclic) bond motifs is 1. The van der Waals surface area contributed by atoms with Crippen LogP contribution in [0, 0.1) is 0 Å². The largest absolute Gasteiger partial charge is 0.493 e. The molecule has 2 aromatic carbocycles. The zero-order chi connectivity index (χ0) is 17.8. The summed E-state index contributed by atoms with van der Waals surface area (Å²) >= 11 is 0. The summed E-state index contributed by atoms with van der Waals surface area (Å²) in [7, 11) is 4.65. The van der Waals surface area contributed by atoms with Crippen molar-refractivity contribution in [1.29, 1.82) is 0 Å². The van der Waals surface area contributed by atoms with E-state index in [1.807, 2.05) is 42.8 Å². The maximum atomic E-state index is 11.6. The molecule has 0 N–H and O–H groups in total. The van der Waals surface area contributed by atoms with Crippen molar-refractivity contribution in [2.45, 2.75) is 0 Å². The molecule has 3 aromatic rings. The van der Waals surface area contributed by atoms with Crippen LogP contribution in [0.5, 0.6) is 17.2 Å². The van der Waals surface area contributed by atoms with Crippen molar-refractivity contribution in [3.8, 4) is 17.2 Å². The summed E-state index contributed by atoms with van der Waals surface area (Å²) in [6.07, 6.45) is 5.58. The average molecular weight is 336 g/mol. The minimum atomic E-state index is 0.385. The number of rotatable bonds is 6. The maximum Gasteiger partial charge on any atom is 0.251 e. The van der Waals surface area contributed by atoms with E-state index in [0.29, 0.717) is 22.9 Å². The van der Waals surface area contributed by atoms with Crippen molar-refractivity contribution in [3.63, 3.8) is 0 Å². The van der Waals surface area contributed by atoms with Crippen LogP contribution in [0.2, 0.25) is 0 Å². The maximum absolute atomic E-state index is 11.6. The van der Waals surface area contributed by atoms with Gasteiger partial charge in [0, 0.05) is 6.20 Å². The van der Waals surface area contributed by atoms with Crippen LogP contribution >= 0.6 is 0 Å². The van der Waals surface area contributed by atoms with Gasteiger partial charge in [0.25, 0.3) is 6.29 Å². The van der Waals surface area contributed by atoms with E-state index in [0.717, 1.165) is 16.5 Å². The van der Waals surface area contributed by atoms with Gasteiger partial charge in [-0.2, -0.15) is 0 Å². The van der Waals surface area contributed by atoms with E-state index in [2.05, 4.69) is 0 Å². The van der Waals surface area contributed by atoms with Gasteiger partial charge in [0.1, 0.15) is 0 Å². The van der Waals surface area contributed by atoms with Gasteiger partial charge in [-0.25, -0.2) is 0 Å². The monoisotopic (exact) mass is 336 g/mol. The van der Waals surface area contributed by atoms with Gasteiger partial charge >= 0.3 is 0 Å². The second kappa shape index (κ2) is 7.13. The second-order valence-electron chi connectivity index (χ2n) is 5.33. The van der Waals surface area contributed by atoms with Crippen LogP contribution in [0.3, 0.4) is 0 Å². The molecular weight excluding hydrogens is 318 g/mol. The minimum Gasteiger partial charge on any atom is -0.493 e. The van der Waals surface area contributed by atoms with E-state index < -0.39 is 0 Å². The number of allylic oxidation sites excluding steroid dienone is 1. The lowest BCUT2D eigenvalue weighted by atomic mass is 10.1. The fraction of sp³-hybridized carbons (Fsp3) is 0.150. The number of aromatic nitrogens is 1. The van der Waals surface area contributed by atoms with Gasteiger partial charge in [-0.1, -0.05) is 18.2 Å². The highest BCUT2D eigenvalue weighted by atomic mass is 16.5. The molecule has 0 aliphatic carbocycles. The number of para-hydroxylation sites is 1. The predicted octanol–water partition coefficient (Wildman–Crippen LogP) is 3.77. The van der Waals surface area contributed by atoms with Crippen molar-refractivity contribution < 1.29 is 19.0 Å². The predicted molar refractivity (Wildman–Crippen MR) is 97.9 cm³/mol. The molecule has 127 valence electrons. The molecule has 0 spiro atoms. The summed E-state index contributed by atoms with van der Waals surface area (Å²) in [5, 5.41) is 1.05. The Hall–Kier alpha value is -3.21. The summed E-state index contributed by atoms with van der Waals surface area (Å²) in [6, 6.07) is 13.4. The molecule has 1 aromatic heterocycles. The van der Waals surface area contributed by atoms with Gasteiger partial charge in [-0.15, -0.1) is 0 Å². The third kappa shape index (κ3) is 3.08. The van der Waals surface area contributed by atoms with Crippen LogP contribution < -0.4 is 14.2 Å². The molecule has 1 heterocycles. The number of hydrogen-bond donors (Lipinski definition) is 0. The van der Waals surface area contributed by atoms with Crippen molar-refractivity contribution in [3.05, 3.63) is 54.2 Å². The van der Waals surface area contributed by atoms with Crippen LogP contribution in [0.15, 0.2) is 48.7 Å². The highest BCUT2D eigenvalue weighted by molar-refractivity contribution is 6.09. The highest BCUT2D eigenvalue weighted by Crippen LogP contribution is 2.38. The number of benzene rings is 2. The summed E-state index contributed by atoms with van der Waals surface area (Å²) < 4.78 is 17.8.